The monoisotopic (exact) mass is 207 g/mol. The van der Waals surface area contributed by atoms with Crippen LogP contribution in [0.5, 0.6) is 0 Å². The predicted molar refractivity (Wildman–Crippen MR) is 62.1 cm³/mol. The zero-order valence-corrected chi connectivity index (χ0v) is 9.39. The Labute approximate surface area is 90.8 Å². The molecule has 0 radical (unpaired) electrons. The van der Waals surface area contributed by atoms with Crippen LogP contribution < -0.4 is 5.73 Å². The van der Waals surface area contributed by atoms with E-state index in [4.69, 9.17) is 5.73 Å². The van der Waals surface area contributed by atoms with Crippen LogP contribution in [0.1, 0.15) is 36.9 Å². The molecule has 0 aliphatic heterocycles. The van der Waals surface area contributed by atoms with Gasteiger partial charge < -0.3 is 5.73 Å². The summed E-state index contributed by atoms with van der Waals surface area (Å²) >= 11 is 0. The summed E-state index contributed by atoms with van der Waals surface area (Å²) in [4.78, 5) is 0. The van der Waals surface area contributed by atoms with E-state index >= 15 is 0 Å². The molecule has 0 fully saturated rings. The molecule has 1 rings (SSSR count). The Morgan fingerprint density at radius 1 is 1.53 bits per heavy atom. The number of hydrogen-bond acceptors (Lipinski definition) is 1. The zero-order chi connectivity index (χ0) is 11.4. The number of nitrogens with two attached hydrogens (primary N) is 1. The standard InChI is InChI=1S/C13H18FN/c1-4-9(2)8-13(15)11-7-10(3)5-6-12(11)14/h5-7,13H,2,4,8,15H2,1,3H3. The molecule has 1 aromatic rings. The molecule has 82 valence electrons. The highest BCUT2D eigenvalue weighted by Gasteiger charge is 2.12. The molecule has 1 atom stereocenters. The maximum absolute atomic E-state index is 13.5. The molecule has 0 saturated carbocycles. The minimum absolute atomic E-state index is 0.225. The number of halogens is 1. The molecule has 0 aromatic heterocycles. The Balaban J connectivity index is 2.85. The fraction of sp³-hybridized carbons (Fsp3) is 0.385. The first kappa shape index (κ1) is 11.9. The summed E-state index contributed by atoms with van der Waals surface area (Å²) in [5.74, 6) is -0.225. The molecule has 0 saturated heterocycles. The van der Waals surface area contributed by atoms with Crippen molar-refractivity contribution < 1.29 is 4.39 Å². The third kappa shape index (κ3) is 3.17. The molecular weight excluding hydrogens is 189 g/mol. The molecule has 1 nitrogen and oxygen atoms in total. The third-order valence-corrected chi connectivity index (χ3v) is 2.56. The maximum atomic E-state index is 13.5. The van der Waals surface area contributed by atoms with E-state index in [1.807, 2.05) is 19.9 Å². The van der Waals surface area contributed by atoms with Crippen molar-refractivity contribution in [2.45, 2.75) is 32.7 Å². The second-order valence-electron chi connectivity index (χ2n) is 3.94. The lowest BCUT2D eigenvalue weighted by Crippen LogP contribution is -2.13. The van der Waals surface area contributed by atoms with Crippen LogP contribution in [0.15, 0.2) is 30.4 Å². The van der Waals surface area contributed by atoms with Crippen molar-refractivity contribution in [3.63, 3.8) is 0 Å². The van der Waals surface area contributed by atoms with E-state index in [1.165, 1.54) is 6.07 Å². The van der Waals surface area contributed by atoms with Crippen LogP contribution in [-0.4, -0.2) is 0 Å². The van der Waals surface area contributed by atoms with Crippen molar-refractivity contribution in [3.8, 4) is 0 Å². The van der Waals surface area contributed by atoms with Gasteiger partial charge in [0.05, 0.1) is 0 Å². The van der Waals surface area contributed by atoms with Gasteiger partial charge in [0, 0.05) is 11.6 Å². The van der Waals surface area contributed by atoms with Crippen LogP contribution in [0.25, 0.3) is 0 Å². The van der Waals surface area contributed by atoms with Gasteiger partial charge in [0.2, 0.25) is 0 Å². The van der Waals surface area contributed by atoms with Crippen molar-refractivity contribution in [1.82, 2.24) is 0 Å². The minimum Gasteiger partial charge on any atom is -0.324 e. The lowest BCUT2D eigenvalue weighted by molar-refractivity contribution is 0.577. The van der Waals surface area contributed by atoms with Crippen molar-refractivity contribution in [3.05, 3.63) is 47.3 Å². The summed E-state index contributed by atoms with van der Waals surface area (Å²) in [5, 5.41) is 0. The molecule has 1 unspecified atom stereocenters. The molecule has 0 heterocycles. The molecule has 0 spiro atoms. The Morgan fingerprint density at radius 2 is 2.20 bits per heavy atom. The van der Waals surface area contributed by atoms with Gasteiger partial charge in [0.1, 0.15) is 5.82 Å². The van der Waals surface area contributed by atoms with Gasteiger partial charge in [-0.2, -0.15) is 0 Å². The first-order valence-electron chi connectivity index (χ1n) is 5.23. The van der Waals surface area contributed by atoms with E-state index in [1.54, 1.807) is 6.07 Å². The lowest BCUT2D eigenvalue weighted by atomic mass is 9.97. The maximum Gasteiger partial charge on any atom is 0.128 e. The van der Waals surface area contributed by atoms with Gasteiger partial charge in [0.15, 0.2) is 0 Å². The summed E-state index contributed by atoms with van der Waals surface area (Å²) in [7, 11) is 0. The fourth-order valence-corrected chi connectivity index (χ4v) is 1.51. The number of rotatable bonds is 4. The van der Waals surface area contributed by atoms with Gasteiger partial charge in [-0.3, -0.25) is 0 Å². The number of hydrogen-bond donors (Lipinski definition) is 1. The summed E-state index contributed by atoms with van der Waals surface area (Å²) in [5.41, 5.74) is 8.62. The number of aryl methyl sites for hydroxylation is 1. The molecule has 2 heteroatoms. The van der Waals surface area contributed by atoms with E-state index in [2.05, 4.69) is 6.58 Å². The van der Waals surface area contributed by atoms with Crippen molar-refractivity contribution in [2.75, 3.05) is 0 Å². The summed E-state index contributed by atoms with van der Waals surface area (Å²) in [6.45, 7) is 7.85. The summed E-state index contributed by atoms with van der Waals surface area (Å²) in [6, 6.07) is 4.75. The van der Waals surface area contributed by atoms with E-state index in [0.717, 1.165) is 17.6 Å². The normalized spacial score (nSPS) is 12.5. The Bertz CT molecular complexity index is 358. The van der Waals surface area contributed by atoms with Gasteiger partial charge in [-0.05, 0) is 25.8 Å². The van der Waals surface area contributed by atoms with Gasteiger partial charge in [0.25, 0.3) is 0 Å². The minimum atomic E-state index is -0.280. The average Bonchev–Trinajstić information content (AvgIpc) is 2.21. The summed E-state index contributed by atoms with van der Waals surface area (Å²) in [6.07, 6.45) is 1.54. The molecular formula is C13H18FN. The van der Waals surface area contributed by atoms with Crippen LogP contribution in [0.2, 0.25) is 0 Å². The zero-order valence-electron chi connectivity index (χ0n) is 9.39. The van der Waals surface area contributed by atoms with Crippen LogP contribution >= 0.6 is 0 Å². The highest BCUT2D eigenvalue weighted by molar-refractivity contribution is 5.27. The van der Waals surface area contributed by atoms with Gasteiger partial charge >= 0.3 is 0 Å². The third-order valence-electron chi connectivity index (χ3n) is 2.56. The Hall–Kier alpha value is -1.15. The molecule has 0 bridgehead atoms. The largest absolute Gasteiger partial charge is 0.324 e. The van der Waals surface area contributed by atoms with Crippen molar-refractivity contribution in [1.29, 1.82) is 0 Å². The van der Waals surface area contributed by atoms with E-state index in [0.29, 0.717) is 12.0 Å². The smallest absolute Gasteiger partial charge is 0.128 e. The molecule has 0 amide bonds. The number of benzene rings is 1. The van der Waals surface area contributed by atoms with Crippen molar-refractivity contribution in [2.24, 2.45) is 5.73 Å². The predicted octanol–water partition coefficient (Wildman–Crippen LogP) is 3.49. The molecule has 0 aliphatic carbocycles. The van der Waals surface area contributed by atoms with Gasteiger partial charge in [-0.1, -0.05) is 36.8 Å². The SMILES string of the molecule is C=C(CC)CC(N)c1cc(C)ccc1F. The van der Waals surface area contributed by atoms with Crippen LogP contribution in [0.3, 0.4) is 0 Å². The van der Waals surface area contributed by atoms with Gasteiger partial charge in [-0.25, -0.2) is 4.39 Å². The van der Waals surface area contributed by atoms with E-state index < -0.39 is 0 Å². The highest BCUT2D eigenvalue weighted by Crippen LogP contribution is 2.22. The topological polar surface area (TPSA) is 26.0 Å². The molecule has 15 heavy (non-hydrogen) atoms. The first-order valence-corrected chi connectivity index (χ1v) is 5.23. The van der Waals surface area contributed by atoms with E-state index in [9.17, 15) is 4.39 Å². The van der Waals surface area contributed by atoms with Crippen LogP contribution in [-0.2, 0) is 0 Å². The van der Waals surface area contributed by atoms with E-state index in [-0.39, 0.29) is 11.9 Å². The highest BCUT2D eigenvalue weighted by atomic mass is 19.1. The molecule has 2 N–H and O–H groups in total. The Morgan fingerprint density at radius 3 is 2.80 bits per heavy atom. The van der Waals surface area contributed by atoms with Crippen LogP contribution in [0, 0.1) is 12.7 Å². The lowest BCUT2D eigenvalue weighted by Gasteiger charge is -2.14. The van der Waals surface area contributed by atoms with Crippen molar-refractivity contribution >= 4 is 0 Å². The second-order valence-corrected chi connectivity index (χ2v) is 3.94. The van der Waals surface area contributed by atoms with Crippen LogP contribution in [0.4, 0.5) is 4.39 Å². The molecule has 0 aliphatic rings. The fourth-order valence-electron chi connectivity index (χ4n) is 1.51. The first-order chi connectivity index (χ1) is 7.04. The summed E-state index contributed by atoms with van der Waals surface area (Å²) < 4.78 is 13.5. The molecule has 1 aromatic carbocycles. The average molecular weight is 207 g/mol. The second kappa shape index (κ2) is 5.08. The Kier molecular flexibility index (Phi) is 4.04. The quantitative estimate of drug-likeness (QED) is 0.751. The van der Waals surface area contributed by atoms with Gasteiger partial charge in [-0.15, -0.1) is 0 Å².